The van der Waals surface area contributed by atoms with Crippen molar-refractivity contribution in [3.05, 3.63) is 94.0 Å². The molecule has 0 saturated carbocycles. The van der Waals surface area contributed by atoms with E-state index in [0.29, 0.717) is 16.8 Å². The SMILES string of the molecule is Cc1ccc(S(=O)(=O)Nc2cccc(C(=O)NC(C)c3ccc(C)cc3C)c2C)cc1. The molecule has 5 nitrogen and oxygen atoms in total. The zero-order valence-electron chi connectivity index (χ0n) is 18.5. The highest BCUT2D eigenvalue weighted by atomic mass is 32.2. The number of amides is 1. The van der Waals surface area contributed by atoms with Gasteiger partial charge in [0.25, 0.3) is 15.9 Å². The standard InChI is InChI=1S/C25H28N2O3S/c1-16-9-12-21(13-10-16)31(29,30)27-24-8-6-7-23(19(24)4)25(28)26-20(5)22-14-11-17(2)15-18(22)3/h6-15,20,27H,1-5H3,(H,26,28). The molecule has 3 aromatic rings. The molecule has 3 aromatic carbocycles. The zero-order valence-corrected chi connectivity index (χ0v) is 19.3. The van der Waals surface area contributed by atoms with Gasteiger partial charge in [-0.05, 0) is 75.6 Å². The lowest BCUT2D eigenvalue weighted by Crippen LogP contribution is -2.28. The predicted octanol–water partition coefficient (Wildman–Crippen LogP) is 5.21. The molecule has 0 aliphatic carbocycles. The van der Waals surface area contributed by atoms with Crippen LogP contribution in [-0.4, -0.2) is 14.3 Å². The van der Waals surface area contributed by atoms with Gasteiger partial charge in [0.1, 0.15) is 0 Å². The summed E-state index contributed by atoms with van der Waals surface area (Å²) < 4.78 is 28.1. The van der Waals surface area contributed by atoms with Crippen molar-refractivity contribution in [3.63, 3.8) is 0 Å². The molecule has 6 heteroatoms. The van der Waals surface area contributed by atoms with Crippen molar-refractivity contribution in [2.45, 2.75) is 45.6 Å². The number of nitrogens with one attached hydrogen (secondary N) is 2. The highest BCUT2D eigenvalue weighted by Crippen LogP contribution is 2.24. The first kappa shape index (κ1) is 22.6. The molecule has 0 heterocycles. The first-order valence-electron chi connectivity index (χ1n) is 10.2. The Morgan fingerprint density at radius 3 is 2.16 bits per heavy atom. The van der Waals surface area contributed by atoms with Crippen LogP contribution in [0, 0.1) is 27.7 Å². The van der Waals surface area contributed by atoms with Gasteiger partial charge in [0.15, 0.2) is 0 Å². The number of aryl methyl sites for hydroxylation is 3. The summed E-state index contributed by atoms with van der Waals surface area (Å²) in [7, 11) is -3.75. The molecular weight excluding hydrogens is 408 g/mol. The molecule has 0 aliphatic heterocycles. The first-order chi connectivity index (χ1) is 14.6. The van der Waals surface area contributed by atoms with Crippen molar-refractivity contribution in [2.24, 2.45) is 0 Å². The molecule has 0 aliphatic rings. The molecule has 0 aromatic heterocycles. The third-order valence-corrected chi connectivity index (χ3v) is 6.77. The van der Waals surface area contributed by atoms with Crippen molar-refractivity contribution in [1.82, 2.24) is 5.32 Å². The molecule has 0 fully saturated rings. The van der Waals surface area contributed by atoms with E-state index in [-0.39, 0.29) is 16.8 Å². The summed E-state index contributed by atoms with van der Waals surface area (Å²) in [5.74, 6) is -0.249. The van der Waals surface area contributed by atoms with Crippen LogP contribution < -0.4 is 10.0 Å². The van der Waals surface area contributed by atoms with E-state index in [0.717, 1.165) is 16.7 Å². The summed E-state index contributed by atoms with van der Waals surface area (Å²) in [6, 6.07) is 17.6. The topological polar surface area (TPSA) is 75.3 Å². The lowest BCUT2D eigenvalue weighted by molar-refractivity contribution is 0.0939. The van der Waals surface area contributed by atoms with E-state index in [1.165, 1.54) is 5.56 Å². The van der Waals surface area contributed by atoms with Crippen molar-refractivity contribution in [3.8, 4) is 0 Å². The second-order valence-corrected chi connectivity index (χ2v) is 9.63. The van der Waals surface area contributed by atoms with Crippen LogP contribution in [0.2, 0.25) is 0 Å². The maximum Gasteiger partial charge on any atom is 0.261 e. The van der Waals surface area contributed by atoms with Crippen LogP contribution >= 0.6 is 0 Å². The number of carbonyl (C=O) groups is 1. The summed E-state index contributed by atoms with van der Waals surface area (Å²) in [6.45, 7) is 9.64. The summed E-state index contributed by atoms with van der Waals surface area (Å²) >= 11 is 0. The van der Waals surface area contributed by atoms with Gasteiger partial charge in [0.2, 0.25) is 0 Å². The fourth-order valence-electron chi connectivity index (χ4n) is 3.58. The van der Waals surface area contributed by atoms with Gasteiger partial charge in [-0.3, -0.25) is 9.52 Å². The smallest absolute Gasteiger partial charge is 0.261 e. The quantitative estimate of drug-likeness (QED) is 0.557. The van der Waals surface area contributed by atoms with Crippen molar-refractivity contribution >= 4 is 21.6 Å². The minimum absolute atomic E-state index is 0.177. The number of benzene rings is 3. The maximum absolute atomic E-state index is 13.0. The highest BCUT2D eigenvalue weighted by Gasteiger charge is 2.19. The molecular formula is C25H28N2O3S. The maximum atomic E-state index is 13.0. The Bertz CT molecular complexity index is 1220. The van der Waals surface area contributed by atoms with Crippen LogP contribution in [0.4, 0.5) is 5.69 Å². The van der Waals surface area contributed by atoms with Gasteiger partial charge < -0.3 is 5.32 Å². The van der Waals surface area contributed by atoms with Crippen LogP contribution in [0.1, 0.15) is 51.1 Å². The average molecular weight is 437 g/mol. The molecule has 2 N–H and O–H groups in total. The van der Waals surface area contributed by atoms with Gasteiger partial charge in [-0.2, -0.15) is 0 Å². The van der Waals surface area contributed by atoms with Gasteiger partial charge in [-0.1, -0.05) is 47.5 Å². The van der Waals surface area contributed by atoms with Gasteiger partial charge in [-0.15, -0.1) is 0 Å². The molecule has 31 heavy (non-hydrogen) atoms. The lowest BCUT2D eigenvalue weighted by Gasteiger charge is -2.19. The molecule has 0 radical (unpaired) electrons. The van der Waals surface area contributed by atoms with Crippen LogP contribution in [0.25, 0.3) is 0 Å². The van der Waals surface area contributed by atoms with E-state index in [9.17, 15) is 13.2 Å². The number of anilines is 1. The van der Waals surface area contributed by atoms with E-state index in [4.69, 9.17) is 0 Å². The van der Waals surface area contributed by atoms with Crippen LogP contribution in [0.15, 0.2) is 65.6 Å². The predicted molar refractivity (Wildman–Crippen MR) is 125 cm³/mol. The van der Waals surface area contributed by atoms with Crippen molar-refractivity contribution in [2.75, 3.05) is 4.72 Å². The number of rotatable bonds is 6. The molecule has 0 spiro atoms. The third kappa shape index (κ3) is 5.14. The van der Waals surface area contributed by atoms with Crippen LogP contribution in [-0.2, 0) is 10.0 Å². The fourth-order valence-corrected chi connectivity index (χ4v) is 4.70. The van der Waals surface area contributed by atoms with Crippen molar-refractivity contribution < 1.29 is 13.2 Å². The van der Waals surface area contributed by atoms with E-state index in [1.807, 2.05) is 39.8 Å². The molecule has 1 atom stereocenters. The van der Waals surface area contributed by atoms with Gasteiger partial charge in [0, 0.05) is 5.56 Å². The number of hydrogen-bond donors (Lipinski definition) is 2. The summed E-state index contributed by atoms with van der Waals surface area (Å²) in [4.78, 5) is 13.1. The van der Waals surface area contributed by atoms with E-state index >= 15 is 0 Å². The fraction of sp³-hybridized carbons (Fsp3) is 0.240. The van der Waals surface area contributed by atoms with Gasteiger partial charge >= 0.3 is 0 Å². The first-order valence-corrected chi connectivity index (χ1v) is 11.6. The molecule has 0 saturated heterocycles. The monoisotopic (exact) mass is 436 g/mol. The normalized spacial score (nSPS) is 12.3. The molecule has 162 valence electrons. The Balaban J connectivity index is 1.82. The van der Waals surface area contributed by atoms with Crippen molar-refractivity contribution in [1.29, 1.82) is 0 Å². The van der Waals surface area contributed by atoms with Crippen LogP contribution in [0.5, 0.6) is 0 Å². The van der Waals surface area contributed by atoms with Crippen LogP contribution in [0.3, 0.4) is 0 Å². The van der Waals surface area contributed by atoms with Gasteiger partial charge in [-0.25, -0.2) is 8.42 Å². The Kier molecular flexibility index (Phi) is 6.51. The molecule has 1 unspecified atom stereocenters. The number of sulfonamides is 1. The largest absolute Gasteiger partial charge is 0.345 e. The minimum Gasteiger partial charge on any atom is -0.345 e. The number of carbonyl (C=O) groups excluding carboxylic acids is 1. The Labute approximate surface area is 184 Å². The minimum atomic E-state index is -3.75. The second kappa shape index (κ2) is 8.94. The third-order valence-electron chi connectivity index (χ3n) is 5.39. The summed E-state index contributed by atoms with van der Waals surface area (Å²) in [5, 5.41) is 3.03. The average Bonchev–Trinajstić information content (AvgIpc) is 2.69. The molecule has 3 rings (SSSR count). The molecule has 0 bridgehead atoms. The lowest BCUT2D eigenvalue weighted by atomic mass is 9.99. The highest BCUT2D eigenvalue weighted by molar-refractivity contribution is 7.92. The summed E-state index contributed by atoms with van der Waals surface area (Å²) in [6.07, 6.45) is 0. The van der Waals surface area contributed by atoms with E-state index < -0.39 is 10.0 Å². The number of hydrogen-bond acceptors (Lipinski definition) is 3. The zero-order chi connectivity index (χ0) is 22.8. The Hall–Kier alpha value is -3.12. The summed E-state index contributed by atoms with van der Waals surface area (Å²) in [5.41, 5.74) is 5.70. The molecule has 1 amide bonds. The van der Waals surface area contributed by atoms with E-state index in [2.05, 4.69) is 16.1 Å². The second-order valence-electron chi connectivity index (χ2n) is 7.95. The Morgan fingerprint density at radius 2 is 1.52 bits per heavy atom. The van der Waals surface area contributed by atoms with Gasteiger partial charge in [0.05, 0.1) is 16.6 Å². The Morgan fingerprint density at radius 1 is 0.871 bits per heavy atom. The van der Waals surface area contributed by atoms with E-state index in [1.54, 1.807) is 49.4 Å².